The summed E-state index contributed by atoms with van der Waals surface area (Å²) < 4.78 is 51.4. The van der Waals surface area contributed by atoms with E-state index in [2.05, 4.69) is 14.8 Å². The zero-order valence-electron chi connectivity index (χ0n) is 19.8. The predicted molar refractivity (Wildman–Crippen MR) is 136 cm³/mol. The molecule has 0 spiro atoms. The average Bonchev–Trinajstić information content (AvgIpc) is 2.88. The summed E-state index contributed by atoms with van der Waals surface area (Å²) in [6.07, 6.45) is -0.947. The van der Waals surface area contributed by atoms with E-state index in [1.54, 1.807) is 6.20 Å². The van der Waals surface area contributed by atoms with Crippen LogP contribution >= 0.6 is 23.8 Å². The standard InChI is InChI=1S/C24H26ClF3N4O4S/c25-16-1-8-22(29-14-16)30-9-11-31(12-10-30)23(37)15-35-17-2-4-18(5-3-17)36-19-6-7-21(32(33)34)20(13-19)24(26,27)28/h1,6-8,13-14,17-18H,2-5,9-12,15H2. The largest absolute Gasteiger partial charge is 0.490 e. The Kier molecular flexibility index (Phi) is 8.71. The first-order valence-corrected chi connectivity index (χ1v) is 12.7. The van der Waals surface area contributed by atoms with Crippen LogP contribution in [0, 0.1) is 10.1 Å². The molecule has 1 aliphatic carbocycles. The Morgan fingerprint density at radius 1 is 1.11 bits per heavy atom. The maximum Gasteiger partial charge on any atom is 0.423 e. The molecule has 0 atom stereocenters. The van der Waals surface area contributed by atoms with Crippen molar-refractivity contribution < 1.29 is 27.6 Å². The molecule has 1 saturated carbocycles. The summed E-state index contributed by atoms with van der Waals surface area (Å²) >= 11 is 11.5. The molecule has 0 N–H and O–H groups in total. The van der Waals surface area contributed by atoms with E-state index in [1.165, 1.54) is 6.07 Å². The number of nitro benzene ring substituents is 1. The van der Waals surface area contributed by atoms with Gasteiger partial charge in [0.2, 0.25) is 0 Å². The molecule has 4 rings (SSSR count). The zero-order valence-corrected chi connectivity index (χ0v) is 21.4. The lowest BCUT2D eigenvalue weighted by atomic mass is 9.95. The van der Waals surface area contributed by atoms with Gasteiger partial charge < -0.3 is 19.3 Å². The van der Waals surface area contributed by atoms with Crippen molar-refractivity contribution in [2.24, 2.45) is 0 Å². The molecule has 2 fully saturated rings. The number of pyridine rings is 1. The summed E-state index contributed by atoms with van der Waals surface area (Å²) in [5, 5.41) is 11.5. The zero-order chi connectivity index (χ0) is 26.6. The van der Waals surface area contributed by atoms with Crippen molar-refractivity contribution in [1.82, 2.24) is 9.88 Å². The van der Waals surface area contributed by atoms with Crippen molar-refractivity contribution in [3.63, 3.8) is 0 Å². The number of ether oxygens (including phenoxy) is 2. The second-order valence-corrected chi connectivity index (χ2v) is 9.87. The lowest BCUT2D eigenvalue weighted by Crippen LogP contribution is -2.49. The number of halogens is 4. The first kappa shape index (κ1) is 27.3. The fourth-order valence-corrected chi connectivity index (χ4v) is 4.87. The van der Waals surface area contributed by atoms with Crippen LogP contribution in [0.3, 0.4) is 0 Å². The number of hydrogen-bond donors (Lipinski definition) is 0. The Balaban J connectivity index is 1.20. The van der Waals surface area contributed by atoms with Crippen LogP contribution in [0.1, 0.15) is 31.2 Å². The normalized spacial score (nSPS) is 20.5. The van der Waals surface area contributed by atoms with Crippen molar-refractivity contribution in [2.75, 3.05) is 37.7 Å². The first-order valence-electron chi connectivity index (χ1n) is 11.9. The van der Waals surface area contributed by atoms with Crippen LogP contribution in [0.2, 0.25) is 5.02 Å². The molecule has 0 radical (unpaired) electrons. The molecule has 0 unspecified atom stereocenters. The van der Waals surface area contributed by atoms with Gasteiger partial charge in [-0.2, -0.15) is 13.2 Å². The second-order valence-electron chi connectivity index (χ2n) is 8.96. The van der Waals surface area contributed by atoms with Gasteiger partial charge in [-0.05, 0) is 49.9 Å². The number of hydrogen-bond acceptors (Lipinski definition) is 7. The minimum absolute atomic E-state index is 0.0139. The summed E-state index contributed by atoms with van der Waals surface area (Å²) in [5.41, 5.74) is -2.30. The Hall–Kier alpha value is -2.70. The topological polar surface area (TPSA) is 81.0 Å². The number of anilines is 1. The van der Waals surface area contributed by atoms with Crippen LogP contribution in [0.5, 0.6) is 5.75 Å². The minimum atomic E-state index is -4.84. The Morgan fingerprint density at radius 2 is 1.78 bits per heavy atom. The molecule has 1 saturated heterocycles. The highest BCUT2D eigenvalue weighted by atomic mass is 35.5. The fraction of sp³-hybridized carbons (Fsp3) is 0.500. The maximum absolute atomic E-state index is 13.2. The van der Waals surface area contributed by atoms with Crippen molar-refractivity contribution in [3.05, 3.63) is 57.2 Å². The molecule has 1 aliphatic heterocycles. The van der Waals surface area contributed by atoms with Crippen molar-refractivity contribution in [3.8, 4) is 5.75 Å². The molecule has 2 aliphatic rings. The SMILES string of the molecule is O=[N+]([O-])c1ccc(OC2CCC(OCC(=S)N3CCN(c4ccc(Cl)cn4)CC3)CC2)cc1C(F)(F)F. The number of thiocarbonyl (C=S) groups is 1. The number of piperazine rings is 1. The van der Waals surface area contributed by atoms with Gasteiger partial charge in [0, 0.05) is 38.4 Å². The van der Waals surface area contributed by atoms with Gasteiger partial charge in [0.05, 0.1) is 28.8 Å². The smallest absolute Gasteiger partial charge is 0.423 e. The van der Waals surface area contributed by atoms with Gasteiger partial charge in [-0.25, -0.2) is 4.98 Å². The molecule has 8 nitrogen and oxygen atoms in total. The molecule has 37 heavy (non-hydrogen) atoms. The van der Waals surface area contributed by atoms with Crippen LogP contribution in [0.4, 0.5) is 24.7 Å². The lowest BCUT2D eigenvalue weighted by molar-refractivity contribution is -0.388. The van der Waals surface area contributed by atoms with Gasteiger partial charge in [-0.3, -0.25) is 10.1 Å². The monoisotopic (exact) mass is 558 g/mol. The fourth-order valence-electron chi connectivity index (χ4n) is 4.50. The molecule has 1 aromatic heterocycles. The minimum Gasteiger partial charge on any atom is -0.490 e. The summed E-state index contributed by atoms with van der Waals surface area (Å²) in [6, 6.07) is 6.45. The van der Waals surface area contributed by atoms with Crippen molar-refractivity contribution >= 4 is 40.3 Å². The highest BCUT2D eigenvalue weighted by Gasteiger charge is 2.39. The van der Waals surface area contributed by atoms with Crippen molar-refractivity contribution in [2.45, 2.75) is 44.1 Å². The third-order valence-electron chi connectivity index (χ3n) is 6.50. The molecular weight excluding hydrogens is 533 g/mol. The van der Waals surface area contributed by atoms with E-state index >= 15 is 0 Å². The van der Waals surface area contributed by atoms with Crippen LogP contribution in [-0.2, 0) is 10.9 Å². The van der Waals surface area contributed by atoms with E-state index in [0.29, 0.717) is 43.4 Å². The highest BCUT2D eigenvalue weighted by Crippen LogP contribution is 2.39. The number of aromatic nitrogens is 1. The van der Waals surface area contributed by atoms with Gasteiger partial charge in [-0.15, -0.1) is 0 Å². The van der Waals surface area contributed by atoms with Crippen LogP contribution in [0.25, 0.3) is 0 Å². The number of rotatable bonds is 7. The average molecular weight is 559 g/mol. The van der Waals surface area contributed by atoms with Gasteiger partial charge in [0.25, 0.3) is 5.69 Å². The molecule has 0 bridgehead atoms. The van der Waals surface area contributed by atoms with E-state index in [0.717, 1.165) is 43.1 Å². The van der Waals surface area contributed by atoms with Crippen LogP contribution < -0.4 is 9.64 Å². The van der Waals surface area contributed by atoms with Gasteiger partial charge in [-0.1, -0.05) is 23.8 Å². The van der Waals surface area contributed by atoms with Crippen molar-refractivity contribution in [1.29, 1.82) is 0 Å². The van der Waals surface area contributed by atoms with E-state index in [-0.39, 0.29) is 18.0 Å². The van der Waals surface area contributed by atoms with Gasteiger partial charge in [0.15, 0.2) is 0 Å². The van der Waals surface area contributed by atoms with Gasteiger partial charge >= 0.3 is 6.18 Å². The first-order chi connectivity index (χ1) is 17.6. The lowest BCUT2D eigenvalue weighted by Gasteiger charge is -2.37. The van der Waals surface area contributed by atoms with Gasteiger partial charge in [0.1, 0.15) is 22.1 Å². The summed E-state index contributed by atoms with van der Waals surface area (Å²) in [6.45, 7) is 3.44. The maximum atomic E-state index is 13.2. The van der Waals surface area contributed by atoms with Crippen LogP contribution in [0.15, 0.2) is 36.5 Å². The Morgan fingerprint density at radius 3 is 2.38 bits per heavy atom. The summed E-state index contributed by atoms with van der Waals surface area (Å²) in [5.74, 6) is 0.852. The van der Waals surface area contributed by atoms with E-state index < -0.39 is 22.4 Å². The van der Waals surface area contributed by atoms with E-state index in [9.17, 15) is 23.3 Å². The van der Waals surface area contributed by atoms with Crippen LogP contribution in [-0.4, -0.2) is 64.8 Å². The molecular formula is C24H26ClF3N4O4S. The molecule has 1 aromatic carbocycles. The number of nitro groups is 1. The highest BCUT2D eigenvalue weighted by molar-refractivity contribution is 7.80. The second kappa shape index (κ2) is 11.8. The molecule has 200 valence electrons. The molecule has 2 heterocycles. The molecule has 0 amide bonds. The third kappa shape index (κ3) is 7.20. The Labute approximate surface area is 222 Å². The number of nitrogens with zero attached hydrogens (tertiary/aromatic N) is 4. The third-order valence-corrected chi connectivity index (χ3v) is 7.10. The summed E-state index contributed by atoms with van der Waals surface area (Å²) in [7, 11) is 0. The Bertz CT molecular complexity index is 1110. The predicted octanol–water partition coefficient (Wildman–Crippen LogP) is 5.52. The number of alkyl halides is 3. The summed E-state index contributed by atoms with van der Waals surface area (Å²) in [4.78, 5) is 19.3. The van der Waals surface area contributed by atoms with E-state index in [1.807, 2.05) is 12.1 Å². The number of benzene rings is 1. The molecule has 13 heteroatoms. The van der Waals surface area contributed by atoms with E-state index in [4.69, 9.17) is 33.3 Å². The molecule has 2 aromatic rings. The quantitative estimate of drug-likeness (QED) is 0.250.